The number of nitrogens with zero attached hydrogens (tertiary/aromatic N) is 2. The Labute approximate surface area is 132 Å². The van der Waals surface area contributed by atoms with Gasteiger partial charge in [0.2, 0.25) is 5.91 Å². The Bertz CT molecular complexity index is 490. The number of aromatic nitrogens is 1. The summed E-state index contributed by atoms with van der Waals surface area (Å²) in [4.78, 5) is 18.7. The molecule has 0 bridgehead atoms. The maximum atomic E-state index is 12.0. The van der Waals surface area contributed by atoms with Crippen molar-refractivity contribution in [3.05, 3.63) is 23.9 Å². The number of carbonyl (C=O) groups is 1. The minimum absolute atomic E-state index is 0.134. The topological polar surface area (TPSA) is 80.5 Å². The molecule has 122 valence electrons. The molecule has 22 heavy (non-hydrogen) atoms. The van der Waals surface area contributed by atoms with E-state index in [2.05, 4.69) is 15.2 Å². The predicted molar refractivity (Wildman–Crippen MR) is 86.5 cm³/mol. The average Bonchev–Trinajstić information content (AvgIpc) is 2.52. The van der Waals surface area contributed by atoms with Crippen LogP contribution in [0.5, 0.6) is 0 Å². The van der Waals surface area contributed by atoms with Crippen molar-refractivity contribution in [2.75, 3.05) is 31.2 Å². The van der Waals surface area contributed by atoms with Crippen LogP contribution in [0, 0.1) is 5.41 Å². The Morgan fingerprint density at radius 1 is 1.41 bits per heavy atom. The first-order valence-corrected chi connectivity index (χ1v) is 7.69. The third-order valence-corrected chi connectivity index (χ3v) is 3.83. The normalized spacial score (nSPS) is 17.2. The second-order valence-electron chi connectivity index (χ2n) is 6.69. The summed E-state index contributed by atoms with van der Waals surface area (Å²) in [5, 5.41) is 2.87. The van der Waals surface area contributed by atoms with E-state index in [1.807, 2.05) is 32.9 Å². The van der Waals surface area contributed by atoms with Gasteiger partial charge in [0.05, 0.1) is 19.3 Å². The van der Waals surface area contributed by atoms with E-state index in [1.165, 1.54) is 0 Å². The highest BCUT2D eigenvalue weighted by Gasteiger charge is 2.27. The second-order valence-corrected chi connectivity index (χ2v) is 6.69. The number of nitrogens with one attached hydrogen (secondary N) is 1. The molecule has 6 nitrogen and oxygen atoms in total. The molecule has 0 saturated carbocycles. The molecule has 1 saturated heterocycles. The number of hydrogen-bond acceptors (Lipinski definition) is 5. The third kappa shape index (κ3) is 4.42. The minimum Gasteiger partial charge on any atom is -0.378 e. The lowest BCUT2D eigenvalue weighted by Gasteiger charge is -2.28. The molecule has 6 heteroatoms. The molecule has 1 amide bonds. The lowest BCUT2D eigenvalue weighted by molar-refractivity contribution is -0.124. The molecule has 0 aromatic carbocycles. The number of pyridine rings is 1. The molecule has 1 aliphatic rings. The number of ether oxygens (including phenoxy) is 1. The number of rotatable bonds is 4. The molecule has 1 aliphatic heterocycles. The Morgan fingerprint density at radius 3 is 2.64 bits per heavy atom. The highest BCUT2D eigenvalue weighted by molar-refractivity contribution is 5.82. The van der Waals surface area contributed by atoms with Crippen LogP contribution in [0.2, 0.25) is 0 Å². The summed E-state index contributed by atoms with van der Waals surface area (Å²) in [5.41, 5.74) is 6.65. The van der Waals surface area contributed by atoms with Gasteiger partial charge in [0.1, 0.15) is 5.82 Å². The van der Waals surface area contributed by atoms with Gasteiger partial charge < -0.3 is 20.7 Å². The van der Waals surface area contributed by atoms with Crippen LogP contribution in [0.25, 0.3) is 0 Å². The summed E-state index contributed by atoms with van der Waals surface area (Å²) in [6, 6.07) is 3.45. The molecule has 0 radical (unpaired) electrons. The van der Waals surface area contributed by atoms with Gasteiger partial charge in [0, 0.05) is 25.8 Å². The predicted octanol–water partition coefficient (Wildman–Crippen LogP) is 0.908. The van der Waals surface area contributed by atoms with Crippen molar-refractivity contribution < 1.29 is 9.53 Å². The van der Waals surface area contributed by atoms with Crippen LogP contribution >= 0.6 is 0 Å². The molecule has 2 heterocycles. The summed E-state index contributed by atoms with van der Waals surface area (Å²) in [5.74, 6) is 0.814. The molecule has 0 aliphatic carbocycles. The zero-order valence-corrected chi connectivity index (χ0v) is 13.6. The summed E-state index contributed by atoms with van der Waals surface area (Å²) in [6.45, 7) is 9.52. The molecule has 1 aromatic rings. The zero-order chi connectivity index (χ0) is 16.2. The van der Waals surface area contributed by atoms with E-state index in [1.54, 1.807) is 6.20 Å². The number of anilines is 1. The summed E-state index contributed by atoms with van der Waals surface area (Å²) >= 11 is 0. The first kappa shape index (κ1) is 16.7. The van der Waals surface area contributed by atoms with E-state index in [0.29, 0.717) is 6.54 Å². The van der Waals surface area contributed by atoms with Gasteiger partial charge in [0.15, 0.2) is 0 Å². The van der Waals surface area contributed by atoms with Crippen LogP contribution in [-0.4, -0.2) is 43.2 Å². The van der Waals surface area contributed by atoms with Crippen molar-refractivity contribution in [1.82, 2.24) is 10.3 Å². The molecule has 1 aromatic heterocycles. The van der Waals surface area contributed by atoms with E-state index in [4.69, 9.17) is 10.5 Å². The summed E-state index contributed by atoms with van der Waals surface area (Å²) < 4.78 is 5.33. The Kier molecular flexibility index (Phi) is 5.37. The van der Waals surface area contributed by atoms with E-state index in [-0.39, 0.29) is 11.3 Å². The van der Waals surface area contributed by atoms with Gasteiger partial charge >= 0.3 is 0 Å². The molecule has 2 rings (SSSR count). The monoisotopic (exact) mass is 306 g/mol. The van der Waals surface area contributed by atoms with Gasteiger partial charge in [-0.2, -0.15) is 0 Å². The molecule has 3 N–H and O–H groups in total. The van der Waals surface area contributed by atoms with Crippen molar-refractivity contribution >= 4 is 11.7 Å². The highest BCUT2D eigenvalue weighted by atomic mass is 16.5. The van der Waals surface area contributed by atoms with Crippen molar-refractivity contribution in [3.63, 3.8) is 0 Å². The van der Waals surface area contributed by atoms with Crippen molar-refractivity contribution in [3.8, 4) is 0 Å². The van der Waals surface area contributed by atoms with Gasteiger partial charge in [-0.15, -0.1) is 0 Å². The van der Waals surface area contributed by atoms with Crippen LogP contribution in [0.15, 0.2) is 18.3 Å². The van der Waals surface area contributed by atoms with Gasteiger partial charge in [-0.25, -0.2) is 4.98 Å². The molecule has 0 spiro atoms. The molecule has 1 atom stereocenters. The van der Waals surface area contributed by atoms with Gasteiger partial charge in [-0.05, 0) is 17.0 Å². The van der Waals surface area contributed by atoms with Crippen molar-refractivity contribution in [2.45, 2.75) is 33.4 Å². The maximum absolute atomic E-state index is 12.0. The Morgan fingerprint density at radius 2 is 2.09 bits per heavy atom. The molecular weight excluding hydrogens is 280 g/mol. The van der Waals surface area contributed by atoms with Crippen LogP contribution in [0.4, 0.5) is 5.82 Å². The Balaban J connectivity index is 1.87. The van der Waals surface area contributed by atoms with Crippen molar-refractivity contribution in [2.24, 2.45) is 11.1 Å². The first-order valence-electron chi connectivity index (χ1n) is 7.69. The van der Waals surface area contributed by atoms with Gasteiger partial charge in [-0.3, -0.25) is 4.79 Å². The van der Waals surface area contributed by atoms with E-state index < -0.39 is 6.04 Å². The number of morpholine rings is 1. The largest absolute Gasteiger partial charge is 0.378 e. The fourth-order valence-corrected chi connectivity index (χ4v) is 2.19. The third-order valence-electron chi connectivity index (χ3n) is 3.83. The van der Waals surface area contributed by atoms with Crippen LogP contribution in [0.3, 0.4) is 0 Å². The summed E-state index contributed by atoms with van der Waals surface area (Å²) in [6.07, 6.45) is 1.80. The van der Waals surface area contributed by atoms with E-state index in [0.717, 1.165) is 37.7 Å². The minimum atomic E-state index is -0.520. The van der Waals surface area contributed by atoms with Gasteiger partial charge in [-0.1, -0.05) is 26.8 Å². The van der Waals surface area contributed by atoms with E-state index >= 15 is 0 Å². The fourth-order valence-electron chi connectivity index (χ4n) is 2.19. The molecule has 0 unspecified atom stereocenters. The fraction of sp³-hybridized carbons (Fsp3) is 0.625. The average molecular weight is 306 g/mol. The Hall–Kier alpha value is -1.66. The lowest BCUT2D eigenvalue weighted by Crippen LogP contribution is -2.48. The maximum Gasteiger partial charge on any atom is 0.237 e. The smallest absolute Gasteiger partial charge is 0.237 e. The number of amides is 1. The quantitative estimate of drug-likeness (QED) is 0.864. The highest BCUT2D eigenvalue weighted by Crippen LogP contribution is 2.17. The molecule has 1 fully saturated rings. The number of nitrogens with two attached hydrogens (primary N) is 1. The van der Waals surface area contributed by atoms with Crippen molar-refractivity contribution in [1.29, 1.82) is 0 Å². The lowest BCUT2D eigenvalue weighted by atomic mass is 9.87. The second kappa shape index (κ2) is 7.07. The first-order chi connectivity index (χ1) is 10.4. The zero-order valence-electron chi connectivity index (χ0n) is 13.6. The van der Waals surface area contributed by atoms with Crippen LogP contribution in [0.1, 0.15) is 26.3 Å². The summed E-state index contributed by atoms with van der Waals surface area (Å²) in [7, 11) is 0. The molecular formula is C16H26N4O2. The van der Waals surface area contributed by atoms with Gasteiger partial charge in [0.25, 0.3) is 0 Å². The SMILES string of the molecule is CC(C)(C)[C@H](N)C(=O)NCc1ccc(N2CCOCC2)nc1. The number of hydrogen-bond donors (Lipinski definition) is 2. The standard InChI is InChI=1S/C16H26N4O2/c1-16(2,3)14(17)15(21)19-11-12-4-5-13(18-10-12)20-6-8-22-9-7-20/h4-5,10,14H,6-9,11,17H2,1-3H3,(H,19,21)/t14-/m1/s1. The number of carbonyl (C=O) groups excluding carboxylic acids is 1. The van der Waals surface area contributed by atoms with E-state index in [9.17, 15) is 4.79 Å². The van der Waals surface area contributed by atoms with Crippen LogP contribution in [-0.2, 0) is 16.1 Å². The van der Waals surface area contributed by atoms with Crippen LogP contribution < -0.4 is 16.0 Å².